The molecule has 0 aliphatic heterocycles. The van der Waals surface area contributed by atoms with Crippen molar-refractivity contribution in [3.05, 3.63) is 23.8 Å². The molecule has 0 bridgehead atoms. The van der Waals surface area contributed by atoms with E-state index < -0.39 is 5.60 Å². The Bertz CT molecular complexity index is 518. The summed E-state index contributed by atoms with van der Waals surface area (Å²) in [7, 11) is 0. The number of hydrogen-bond donors (Lipinski definition) is 1. The lowest BCUT2D eigenvalue weighted by molar-refractivity contribution is -0.107. The fraction of sp³-hybridized carbons (Fsp3) is 0.810. The van der Waals surface area contributed by atoms with E-state index in [0.717, 1.165) is 36.2 Å². The van der Waals surface area contributed by atoms with Crippen LogP contribution in [0.3, 0.4) is 0 Å². The van der Waals surface area contributed by atoms with Gasteiger partial charge >= 0.3 is 0 Å². The average Bonchev–Trinajstić information content (AvgIpc) is 2.75. The van der Waals surface area contributed by atoms with E-state index in [9.17, 15) is 5.11 Å². The predicted molar refractivity (Wildman–Crippen MR) is 91.5 cm³/mol. The van der Waals surface area contributed by atoms with Gasteiger partial charge in [0.15, 0.2) is 0 Å². The van der Waals surface area contributed by atoms with E-state index in [0.29, 0.717) is 5.92 Å². The van der Waals surface area contributed by atoms with Gasteiger partial charge in [-0.1, -0.05) is 32.1 Å². The monoisotopic (exact) mass is 300 g/mol. The summed E-state index contributed by atoms with van der Waals surface area (Å²) in [5, 5.41) is 11.3. The molecule has 4 rings (SSSR count). The van der Waals surface area contributed by atoms with Crippen molar-refractivity contribution in [2.24, 2.45) is 29.1 Å². The highest BCUT2D eigenvalue weighted by Crippen LogP contribution is 2.66. The van der Waals surface area contributed by atoms with Crippen LogP contribution in [0.25, 0.3) is 0 Å². The number of fused-ring (bicyclic) bond motifs is 5. The lowest BCUT2D eigenvalue weighted by Gasteiger charge is -2.55. The molecule has 3 fully saturated rings. The van der Waals surface area contributed by atoms with Crippen molar-refractivity contribution in [3.63, 3.8) is 0 Å². The van der Waals surface area contributed by atoms with E-state index in [1.54, 1.807) is 5.57 Å². The lowest BCUT2D eigenvalue weighted by Crippen LogP contribution is -2.52. The van der Waals surface area contributed by atoms with Crippen LogP contribution in [-0.4, -0.2) is 10.7 Å². The van der Waals surface area contributed by atoms with Crippen LogP contribution >= 0.6 is 0 Å². The molecule has 0 aromatic heterocycles. The smallest absolute Gasteiger partial charge is 0.0907 e. The van der Waals surface area contributed by atoms with Crippen molar-refractivity contribution in [1.82, 2.24) is 0 Å². The predicted octanol–water partition coefficient (Wildman–Crippen LogP) is 5.26. The highest BCUT2D eigenvalue weighted by atomic mass is 16.3. The van der Waals surface area contributed by atoms with E-state index in [4.69, 9.17) is 0 Å². The molecule has 0 aromatic rings. The third-order valence-corrected chi connectivity index (χ3v) is 8.28. The van der Waals surface area contributed by atoms with Crippen LogP contribution in [0.4, 0.5) is 0 Å². The lowest BCUT2D eigenvalue weighted by atomic mass is 9.50. The van der Waals surface area contributed by atoms with Gasteiger partial charge in [0.2, 0.25) is 0 Å². The van der Waals surface area contributed by atoms with Gasteiger partial charge in [-0.25, -0.2) is 0 Å². The third-order valence-electron chi connectivity index (χ3n) is 8.28. The Hall–Kier alpha value is -0.560. The number of hydrogen-bond acceptors (Lipinski definition) is 1. The van der Waals surface area contributed by atoms with Crippen molar-refractivity contribution in [2.45, 2.75) is 77.2 Å². The number of aliphatic hydroxyl groups is 1. The van der Waals surface area contributed by atoms with Crippen LogP contribution in [-0.2, 0) is 0 Å². The summed E-state index contributed by atoms with van der Waals surface area (Å²) < 4.78 is 0. The quantitative estimate of drug-likeness (QED) is 0.655. The first-order valence-corrected chi connectivity index (χ1v) is 9.61. The van der Waals surface area contributed by atoms with Gasteiger partial charge in [0.25, 0.3) is 0 Å². The molecule has 122 valence electrons. The zero-order valence-electron chi connectivity index (χ0n) is 14.4. The maximum Gasteiger partial charge on any atom is 0.0907 e. The normalized spacial score (nSPS) is 50.9. The minimum Gasteiger partial charge on any atom is -0.385 e. The Morgan fingerprint density at radius 2 is 2.09 bits per heavy atom. The first-order valence-electron chi connectivity index (χ1n) is 9.61. The minimum atomic E-state index is -0.606. The topological polar surface area (TPSA) is 20.2 Å². The van der Waals surface area contributed by atoms with E-state index in [-0.39, 0.29) is 5.41 Å². The van der Waals surface area contributed by atoms with Crippen molar-refractivity contribution in [2.75, 3.05) is 0 Å². The van der Waals surface area contributed by atoms with Crippen LogP contribution in [0.15, 0.2) is 23.8 Å². The maximum absolute atomic E-state index is 11.3. The average molecular weight is 300 g/mol. The van der Waals surface area contributed by atoms with Gasteiger partial charge in [-0.2, -0.15) is 0 Å². The van der Waals surface area contributed by atoms with Crippen molar-refractivity contribution >= 4 is 0 Å². The van der Waals surface area contributed by atoms with Gasteiger partial charge in [-0.15, -0.1) is 0 Å². The first-order chi connectivity index (χ1) is 10.5. The van der Waals surface area contributed by atoms with Crippen LogP contribution in [0.5, 0.6) is 0 Å². The summed E-state index contributed by atoms with van der Waals surface area (Å²) in [4.78, 5) is 0. The van der Waals surface area contributed by atoms with E-state index >= 15 is 0 Å². The zero-order chi connectivity index (χ0) is 15.5. The molecule has 1 N–H and O–H groups in total. The van der Waals surface area contributed by atoms with Crippen LogP contribution in [0, 0.1) is 29.1 Å². The van der Waals surface area contributed by atoms with Crippen molar-refractivity contribution in [1.29, 1.82) is 0 Å². The van der Waals surface area contributed by atoms with Crippen LogP contribution in [0.1, 0.15) is 71.6 Å². The summed E-state index contributed by atoms with van der Waals surface area (Å²) >= 11 is 0. The molecule has 4 aliphatic rings. The Morgan fingerprint density at radius 3 is 2.86 bits per heavy atom. The van der Waals surface area contributed by atoms with Gasteiger partial charge < -0.3 is 5.11 Å². The van der Waals surface area contributed by atoms with Gasteiger partial charge in [0, 0.05) is 5.41 Å². The summed E-state index contributed by atoms with van der Waals surface area (Å²) in [5.74, 6) is 3.27. The molecule has 0 amide bonds. The second-order valence-electron chi connectivity index (χ2n) is 8.77. The van der Waals surface area contributed by atoms with Gasteiger partial charge in [0.05, 0.1) is 5.60 Å². The van der Waals surface area contributed by atoms with E-state index in [1.165, 1.54) is 44.9 Å². The molecule has 1 heteroatoms. The molecule has 6 atom stereocenters. The molecule has 0 spiro atoms. The Kier molecular flexibility index (Phi) is 3.39. The molecule has 0 unspecified atom stereocenters. The second kappa shape index (κ2) is 4.97. The highest BCUT2D eigenvalue weighted by molar-refractivity contribution is 5.30. The summed E-state index contributed by atoms with van der Waals surface area (Å²) in [6.07, 6.45) is 13.8. The van der Waals surface area contributed by atoms with Crippen molar-refractivity contribution in [3.8, 4) is 0 Å². The maximum atomic E-state index is 11.3. The number of allylic oxidation sites excluding steroid dienone is 2. The standard InChI is InChI=1S/C21H32O/c1-4-21(22)14(2)13-19-18-10-9-15-7-5-6-8-16(15)17(18)11-12-20(19,21)3/h7,16-19,22H,2,4-6,8-13H2,1,3H3/t16-,17+,18+,19-,20-,21+/m0/s1. The largest absolute Gasteiger partial charge is 0.385 e. The summed E-state index contributed by atoms with van der Waals surface area (Å²) in [6, 6.07) is 0. The molecule has 0 radical (unpaired) electrons. The Morgan fingerprint density at radius 1 is 1.27 bits per heavy atom. The molecule has 3 saturated carbocycles. The zero-order valence-corrected chi connectivity index (χ0v) is 14.4. The minimum absolute atomic E-state index is 0.0793. The molecule has 22 heavy (non-hydrogen) atoms. The fourth-order valence-electron chi connectivity index (χ4n) is 7.01. The fourth-order valence-corrected chi connectivity index (χ4v) is 7.01. The van der Waals surface area contributed by atoms with Crippen LogP contribution in [0.2, 0.25) is 0 Å². The number of rotatable bonds is 1. The summed E-state index contributed by atoms with van der Waals surface area (Å²) in [5.41, 5.74) is 2.40. The molecule has 0 heterocycles. The summed E-state index contributed by atoms with van der Waals surface area (Å²) in [6.45, 7) is 8.83. The Labute approximate surface area is 135 Å². The third kappa shape index (κ3) is 1.75. The van der Waals surface area contributed by atoms with E-state index in [2.05, 4.69) is 26.5 Å². The molecular formula is C21H32O. The van der Waals surface area contributed by atoms with Crippen molar-refractivity contribution < 1.29 is 5.11 Å². The van der Waals surface area contributed by atoms with E-state index in [1.807, 2.05) is 0 Å². The molecule has 4 aliphatic carbocycles. The molecule has 0 aromatic carbocycles. The molecular weight excluding hydrogens is 268 g/mol. The van der Waals surface area contributed by atoms with Gasteiger partial charge in [0.1, 0.15) is 0 Å². The van der Waals surface area contributed by atoms with Gasteiger partial charge in [-0.05, 0) is 87.0 Å². The second-order valence-corrected chi connectivity index (χ2v) is 8.77. The van der Waals surface area contributed by atoms with Gasteiger partial charge in [-0.3, -0.25) is 0 Å². The molecule has 1 nitrogen and oxygen atoms in total. The van der Waals surface area contributed by atoms with Crippen LogP contribution < -0.4 is 0 Å². The molecule has 0 saturated heterocycles. The Balaban J connectivity index is 1.68. The first kappa shape index (κ1) is 15.0. The SMILES string of the molecule is C=C1C[C@H]2[C@@H]3CCC4=CCCC[C@@H]4[C@H]3CC[C@]2(C)[C@@]1(O)CC. The highest BCUT2D eigenvalue weighted by Gasteiger charge is 2.62.